The van der Waals surface area contributed by atoms with E-state index >= 15 is 0 Å². The maximum absolute atomic E-state index is 12.4. The quantitative estimate of drug-likeness (QED) is 0.781. The number of rotatable bonds is 4. The zero-order chi connectivity index (χ0) is 15.2. The van der Waals surface area contributed by atoms with E-state index in [1.54, 1.807) is 31.3 Å². The van der Waals surface area contributed by atoms with Crippen LogP contribution < -0.4 is 16.4 Å². The molecule has 1 aromatic rings. The molecule has 5 nitrogen and oxygen atoms in total. The summed E-state index contributed by atoms with van der Waals surface area (Å²) in [6.45, 7) is 0.600. The summed E-state index contributed by atoms with van der Waals surface area (Å²) in [6, 6.07) is 6.90. The van der Waals surface area contributed by atoms with Gasteiger partial charge in [-0.05, 0) is 43.5 Å². The third-order valence-corrected chi connectivity index (χ3v) is 4.14. The fourth-order valence-corrected chi connectivity index (χ4v) is 2.88. The standard InChI is InChI=1S/C16H23N3O2/c1-18-15(20)11-6-4-7-12(9-11)16(21)19-14-8-3-2-5-13(14)10-17/h4,6-7,9,13-14H,2-3,5,8,10,17H2,1H3,(H,18,20)(H,19,21). The van der Waals surface area contributed by atoms with Crippen molar-refractivity contribution in [1.29, 1.82) is 0 Å². The Bertz CT molecular complexity index is 516. The number of benzene rings is 1. The van der Waals surface area contributed by atoms with Crippen molar-refractivity contribution < 1.29 is 9.59 Å². The predicted octanol–water partition coefficient (Wildman–Crippen LogP) is 1.29. The van der Waals surface area contributed by atoms with Crippen molar-refractivity contribution in [3.8, 4) is 0 Å². The van der Waals surface area contributed by atoms with Gasteiger partial charge in [-0.3, -0.25) is 9.59 Å². The molecule has 0 spiro atoms. The van der Waals surface area contributed by atoms with Crippen molar-refractivity contribution in [3.05, 3.63) is 35.4 Å². The van der Waals surface area contributed by atoms with Crippen molar-refractivity contribution in [3.63, 3.8) is 0 Å². The van der Waals surface area contributed by atoms with Gasteiger partial charge in [0.15, 0.2) is 0 Å². The Balaban J connectivity index is 2.07. The van der Waals surface area contributed by atoms with E-state index in [0.29, 0.717) is 23.6 Å². The van der Waals surface area contributed by atoms with Gasteiger partial charge >= 0.3 is 0 Å². The molecule has 0 heterocycles. The first kappa shape index (κ1) is 15.5. The van der Waals surface area contributed by atoms with Crippen molar-refractivity contribution >= 4 is 11.8 Å². The van der Waals surface area contributed by atoms with E-state index in [2.05, 4.69) is 10.6 Å². The maximum atomic E-state index is 12.4. The van der Waals surface area contributed by atoms with Crippen LogP contribution in [0.2, 0.25) is 0 Å². The van der Waals surface area contributed by atoms with E-state index in [1.807, 2.05) is 0 Å². The normalized spacial score (nSPS) is 21.6. The fraction of sp³-hybridized carbons (Fsp3) is 0.500. The van der Waals surface area contributed by atoms with Gasteiger partial charge in [0.25, 0.3) is 11.8 Å². The number of nitrogens with two attached hydrogens (primary N) is 1. The lowest BCUT2D eigenvalue weighted by Gasteiger charge is -2.31. The molecule has 114 valence electrons. The molecule has 1 aliphatic rings. The monoisotopic (exact) mass is 289 g/mol. The van der Waals surface area contributed by atoms with Crippen molar-refractivity contribution in [2.45, 2.75) is 31.7 Å². The summed E-state index contributed by atoms with van der Waals surface area (Å²) in [6.07, 6.45) is 4.35. The van der Waals surface area contributed by atoms with Gasteiger partial charge in [0.2, 0.25) is 0 Å². The summed E-state index contributed by atoms with van der Waals surface area (Å²) in [4.78, 5) is 24.0. The minimum absolute atomic E-state index is 0.133. The zero-order valence-corrected chi connectivity index (χ0v) is 12.4. The van der Waals surface area contributed by atoms with Gasteiger partial charge in [0, 0.05) is 24.2 Å². The predicted molar refractivity (Wildman–Crippen MR) is 82.1 cm³/mol. The third kappa shape index (κ3) is 3.82. The Kier molecular flexibility index (Phi) is 5.33. The molecule has 1 saturated carbocycles. The second-order valence-corrected chi connectivity index (χ2v) is 5.52. The fourth-order valence-electron chi connectivity index (χ4n) is 2.88. The van der Waals surface area contributed by atoms with Gasteiger partial charge in [-0.1, -0.05) is 18.9 Å². The summed E-state index contributed by atoms with van der Waals surface area (Å²) in [7, 11) is 1.57. The first-order valence-electron chi connectivity index (χ1n) is 7.48. The number of hydrogen-bond acceptors (Lipinski definition) is 3. The molecule has 2 atom stereocenters. The third-order valence-electron chi connectivity index (χ3n) is 4.14. The lowest BCUT2D eigenvalue weighted by Crippen LogP contribution is -2.44. The average molecular weight is 289 g/mol. The van der Waals surface area contributed by atoms with Crippen LogP contribution in [0.15, 0.2) is 24.3 Å². The minimum Gasteiger partial charge on any atom is -0.355 e. The Morgan fingerprint density at radius 1 is 1.19 bits per heavy atom. The van der Waals surface area contributed by atoms with E-state index in [4.69, 9.17) is 5.73 Å². The largest absolute Gasteiger partial charge is 0.355 e. The highest BCUT2D eigenvalue weighted by Gasteiger charge is 2.25. The lowest BCUT2D eigenvalue weighted by atomic mass is 9.84. The second kappa shape index (κ2) is 7.22. The minimum atomic E-state index is -0.192. The SMILES string of the molecule is CNC(=O)c1cccc(C(=O)NC2CCCCC2CN)c1. The topological polar surface area (TPSA) is 84.2 Å². The van der Waals surface area contributed by atoms with E-state index in [1.165, 1.54) is 6.42 Å². The molecule has 0 bridgehead atoms. The van der Waals surface area contributed by atoms with Crippen LogP contribution in [-0.4, -0.2) is 31.4 Å². The van der Waals surface area contributed by atoms with E-state index < -0.39 is 0 Å². The lowest BCUT2D eigenvalue weighted by molar-refractivity contribution is 0.0908. The molecule has 0 aromatic heterocycles. The first-order chi connectivity index (χ1) is 10.2. The van der Waals surface area contributed by atoms with Crippen molar-refractivity contribution in [2.75, 3.05) is 13.6 Å². The number of carbonyl (C=O) groups is 2. The first-order valence-corrected chi connectivity index (χ1v) is 7.48. The van der Waals surface area contributed by atoms with Gasteiger partial charge in [-0.2, -0.15) is 0 Å². The highest BCUT2D eigenvalue weighted by atomic mass is 16.2. The van der Waals surface area contributed by atoms with E-state index in [9.17, 15) is 9.59 Å². The molecule has 0 aliphatic heterocycles. The summed E-state index contributed by atoms with van der Waals surface area (Å²) >= 11 is 0. The van der Waals surface area contributed by atoms with Crippen LogP contribution >= 0.6 is 0 Å². The highest BCUT2D eigenvalue weighted by Crippen LogP contribution is 2.23. The summed E-state index contributed by atoms with van der Waals surface area (Å²) in [5, 5.41) is 5.63. The molecule has 2 unspecified atom stereocenters. The molecule has 4 N–H and O–H groups in total. The molecule has 1 aliphatic carbocycles. The Labute approximate surface area is 125 Å². The Morgan fingerprint density at radius 2 is 1.86 bits per heavy atom. The van der Waals surface area contributed by atoms with E-state index in [0.717, 1.165) is 19.3 Å². The zero-order valence-electron chi connectivity index (χ0n) is 12.4. The summed E-state index contributed by atoms with van der Waals surface area (Å²) < 4.78 is 0. The molecule has 21 heavy (non-hydrogen) atoms. The van der Waals surface area contributed by atoms with Gasteiger partial charge in [-0.25, -0.2) is 0 Å². The van der Waals surface area contributed by atoms with Crippen LogP contribution in [0.3, 0.4) is 0 Å². The van der Waals surface area contributed by atoms with E-state index in [-0.39, 0.29) is 17.9 Å². The summed E-state index contributed by atoms with van der Waals surface area (Å²) in [5.41, 5.74) is 6.79. The van der Waals surface area contributed by atoms with Crippen LogP contribution in [0.4, 0.5) is 0 Å². The van der Waals surface area contributed by atoms with Crippen molar-refractivity contribution in [1.82, 2.24) is 10.6 Å². The molecule has 0 radical (unpaired) electrons. The average Bonchev–Trinajstić information content (AvgIpc) is 2.54. The van der Waals surface area contributed by atoms with Crippen LogP contribution in [0, 0.1) is 5.92 Å². The summed E-state index contributed by atoms with van der Waals surface area (Å²) in [5.74, 6) is 0.0260. The molecule has 1 aromatic carbocycles. The number of nitrogens with one attached hydrogen (secondary N) is 2. The molecule has 1 fully saturated rings. The van der Waals surface area contributed by atoms with Crippen LogP contribution in [-0.2, 0) is 0 Å². The molecule has 0 saturated heterocycles. The highest BCUT2D eigenvalue weighted by molar-refractivity contribution is 5.99. The second-order valence-electron chi connectivity index (χ2n) is 5.52. The molecular weight excluding hydrogens is 266 g/mol. The number of amides is 2. The molecule has 5 heteroatoms. The maximum Gasteiger partial charge on any atom is 0.251 e. The van der Waals surface area contributed by atoms with Gasteiger partial charge < -0.3 is 16.4 Å². The van der Waals surface area contributed by atoms with Gasteiger partial charge in [0.1, 0.15) is 0 Å². The van der Waals surface area contributed by atoms with Crippen LogP contribution in [0.5, 0.6) is 0 Å². The van der Waals surface area contributed by atoms with Crippen LogP contribution in [0.1, 0.15) is 46.4 Å². The number of carbonyl (C=O) groups excluding carboxylic acids is 2. The van der Waals surface area contributed by atoms with Crippen LogP contribution in [0.25, 0.3) is 0 Å². The molecule has 2 amide bonds. The molecular formula is C16H23N3O2. The number of hydrogen-bond donors (Lipinski definition) is 3. The van der Waals surface area contributed by atoms with Gasteiger partial charge in [-0.15, -0.1) is 0 Å². The molecule has 2 rings (SSSR count). The van der Waals surface area contributed by atoms with Gasteiger partial charge in [0.05, 0.1) is 0 Å². The Hall–Kier alpha value is -1.88. The smallest absolute Gasteiger partial charge is 0.251 e. The van der Waals surface area contributed by atoms with Crippen molar-refractivity contribution in [2.24, 2.45) is 11.7 Å². The Morgan fingerprint density at radius 3 is 2.52 bits per heavy atom.